The monoisotopic (exact) mass is 425 g/mol. The highest BCUT2D eigenvalue weighted by Crippen LogP contribution is 2.26. The van der Waals surface area contributed by atoms with E-state index in [2.05, 4.69) is 57.2 Å². The third-order valence-corrected chi connectivity index (χ3v) is 6.32. The smallest absolute Gasteiger partial charge is 0.119 e. The highest BCUT2D eigenvalue weighted by molar-refractivity contribution is 5.46. The maximum Gasteiger partial charge on any atom is 0.119 e. The van der Waals surface area contributed by atoms with Gasteiger partial charge in [0, 0.05) is 71.1 Å². The van der Waals surface area contributed by atoms with Crippen molar-refractivity contribution >= 4 is 5.69 Å². The van der Waals surface area contributed by atoms with Crippen molar-refractivity contribution in [3.8, 4) is 5.75 Å². The van der Waals surface area contributed by atoms with E-state index in [1.54, 1.807) is 0 Å². The number of anilines is 1. The normalized spacial score (nSPS) is 22.7. The maximum atomic E-state index is 11.2. The summed E-state index contributed by atoms with van der Waals surface area (Å²) in [6.07, 6.45) is 1.48. The maximum absolute atomic E-state index is 11.2. The summed E-state index contributed by atoms with van der Waals surface area (Å²) >= 11 is 0. The molecule has 2 fully saturated rings. The van der Waals surface area contributed by atoms with Crippen LogP contribution in [0.1, 0.15) is 18.4 Å². The van der Waals surface area contributed by atoms with Gasteiger partial charge in [0.25, 0.3) is 0 Å². The topological polar surface area (TPSA) is 59.4 Å². The van der Waals surface area contributed by atoms with Crippen LogP contribution in [0.2, 0.25) is 0 Å². The molecular formula is C25H35N3O3. The second-order valence-electron chi connectivity index (χ2n) is 8.85. The second-order valence-corrected chi connectivity index (χ2v) is 8.85. The first-order valence-corrected chi connectivity index (χ1v) is 11.4. The molecule has 2 aliphatic heterocycles. The fourth-order valence-corrected chi connectivity index (χ4v) is 4.63. The number of nitrogens with zero attached hydrogens (tertiary/aromatic N) is 3. The van der Waals surface area contributed by atoms with E-state index in [9.17, 15) is 5.11 Å². The van der Waals surface area contributed by atoms with Crippen molar-refractivity contribution in [3.05, 3.63) is 60.2 Å². The summed E-state index contributed by atoms with van der Waals surface area (Å²) in [4.78, 5) is 7.20. The van der Waals surface area contributed by atoms with Crippen LogP contribution in [-0.2, 0) is 6.54 Å². The van der Waals surface area contributed by atoms with Crippen LogP contribution in [0.5, 0.6) is 5.75 Å². The Morgan fingerprint density at radius 1 is 0.871 bits per heavy atom. The third kappa shape index (κ3) is 6.20. The minimum Gasteiger partial charge on any atom is -0.494 e. The molecule has 6 nitrogen and oxygen atoms in total. The lowest BCUT2D eigenvalue weighted by atomic mass is 10.0. The van der Waals surface area contributed by atoms with E-state index < -0.39 is 5.60 Å². The second kappa shape index (κ2) is 10.5. The van der Waals surface area contributed by atoms with Crippen LogP contribution in [0.15, 0.2) is 54.6 Å². The van der Waals surface area contributed by atoms with E-state index in [0.717, 1.165) is 64.5 Å². The highest BCUT2D eigenvalue weighted by atomic mass is 16.5. The number of benzene rings is 2. The van der Waals surface area contributed by atoms with Gasteiger partial charge in [0.15, 0.2) is 0 Å². The summed E-state index contributed by atoms with van der Waals surface area (Å²) < 4.78 is 5.60. The Hall–Kier alpha value is -2.12. The molecule has 168 valence electrons. The zero-order valence-electron chi connectivity index (χ0n) is 18.3. The first kappa shape index (κ1) is 22.1. The number of likely N-dealkylation sites (tertiary alicyclic amines) is 1. The van der Waals surface area contributed by atoms with Crippen molar-refractivity contribution in [2.24, 2.45) is 0 Å². The molecule has 0 saturated carbocycles. The Morgan fingerprint density at radius 2 is 1.61 bits per heavy atom. The lowest BCUT2D eigenvalue weighted by Gasteiger charge is -2.39. The number of β-amino-alcohol motifs (C(OH)–C–C–N with tert-alkyl or cyclic N) is 1. The Labute approximate surface area is 185 Å². The van der Waals surface area contributed by atoms with E-state index in [1.165, 1.54) is 11.3 Å². The van der Waals surface area contributed by atoms with Crippen molar-refractivity contribution in [2.75, 3.05) is 63.9 Å². The van der Waals surface area contributed by atoms with Gasteiger partial charge < -0.3 is 19.8 Å². The standard InChI is InChI=1S/C25H35N3O3/c29-17-4-18-31-24-9-7-22(8-10-24)19-27-12-11-25(30,21-27)20-26-13-15-28(16-14-26)23-5-2-1-3-6-23/h1-3,5-10,29-30H,4,11-21H2/t25-/m0/s1. The molecule has 0 amide bonds. The SMILES string of the molecule is OCCCOc1ccc(CN2CC[C@](O)(CN3CCN(c4ccccc4)CC3)C2)cc1. The van der Waals surface area contributed by atoms with Gasteiger partial charge in [-0.2, -0.15) is 0 Å². The van der Waals surface area contributed by atoms with Crippen LogP contribution in [0.4, 0.5) is 5.69 Å². The summed E-state index contributed by atoms with van der Waals surface area (Å²) in [6.45, 7) is 7.95. The molecular weight excluding hydrogens is 390 g/mol. The van der Waals surface area contributed by atoms with Crippen molar-refractivity contribution in [3.63, 3.8) is 0 Å². The van der Waals surface area contributed by atoms with E-state index in [-0.39, 0.29) is 6.61 Å². The fourth-order valence-electron chi connectivity index (χ4n) is 4.63. The molecule has 2 aromatic rings. The Kier molecular flexibility index (Phi) is 7.45. The van der Waals surface area contributed by atoms with Crippen LogP contribution in [-0.4, -0.2) is 84.6 Å². The summed E-state index contributed by atoms with van der Waals surface area (Å²) in [5, 5.41) is 20.0. The average molecular weight is 426 g/mol. The van der Waals surface area contributed by atoms with Gasteiger partial charge in [0.2, 0.25) is 0 Å². The lowest BCUT2D eigenvalue weighted by Crippen LogP contribution is -2.52. The summed E-state index contributed by atoms with van der Waals surface area (Å²) in [7, 11) is 0. The molecule has 6 heteroatoms. The Bertz CT molecular complexity index is 793. The number of rotatable bonds is 9. The van der Waals surface area contributed by atoms with Gasteiger partial charge in [-0.25, -0.2) is 0 Å². The predicted octanol–water partition coefficient (Wildman–Crippen LogP) is 2.21. The number of piperazine rings is 1. The van der Waals surface area contributed by atoms with Crippen LogP contribution >= 0.6 is 0 Å². The zero-order valence-corrected chi connectivity index (χ0v) is 18.3. The molecule has 2 saturated heterocycles. The first-order chi connectivity index (χ1) is 15.1. The summed E-state index contributed by atoms with van der Waals surface area (Å²) in [5.74, 6) is 0.838. The van der Waals surface area contributed by atoms with Gasteiger partial charge in [0.1, 0.15) is 5.75 Å². The average Bonchev–Trinajstić information content (AvgIpc) is 3.16. The number of aliphatic hydroxyl groups is 2. The largest absolute Gasteiger partial charge is 0.494 e. The van der Waals surface area contributed by atoms with Crippen molar-refractivity contribution < 1.29 is 14.9 Å². The molecule has 2 aliphatic rings. The molecule has 0 aromatic heterocycles. The first-order valence-electron chi connectivity index (χ1n) is 11.4. The molecule has 1 atom stereocenters. The molecule has 0 radical (unpaired) electrons. The molecule has 0 spiro atoms. The van der Waals surface area contributed by atoms with Crippen LogP contribution in [0.25, 0.3) is 0 Å². The molecule has 0 aliphatic carbocycles. The molecule has 2 aromatic carbocycles. The van der Waals surface area contributed by atoms with Gasteiger partial charge in [-0.1, -0.05) is 30.3 Å². The molecule has 2 heterocycles. The third-order valence-electron chi connectivity index (χ3n) is 6.32. The Morgan fingerprint density at radius 3 is 2.32 bits per heavy atom. The zero-order chi connectivity index (χ0) is 21.5. The van der Waals surface area contributed by atoms with Crippen molar-refractivity contribution in [1.29, 1.82) is 0 Å². The predicted molar refractivity (Wildman–Crippen MR) is 124 cm³/mol. The van der Waals surface area contributed by atoms with Crippen LogP contribution < -0.4 is 9.64 Å². The van der Waals surface area contributed by atoms with E-state index in [1.807, 2.05) is 12.1 Å². The quantitative estimate of drug-likeness (QED) is 0.601. The van der Waals surface area contributed by atoms with Gasteiger partial charge in [-0.05, 0) is 36.2 Å². The molecule has 0 bridgehead atoms. The van der Waals surface area contributed by atoms with Gasteiger partial charge in [-0.15, -0.1) is 0 Å². The van der Waals surface area contributed by atoms with Crippen LogP contribution in [0, 0.1) is 0 Å². The number of hydrogen-bond donors (Lipinski definition) is 2. The van der Waals surface area contributed by atoms with Crippen molar-refractivity contribution in [2.45, 2.75) is 25.0 Å². The fraction of sp³-hybridized carbons (Fsp3) is 0.520. The summed E-state index contributed by atoms with van der Waals surface area (Å²) in [6, 6.07) is 18.7. The Balaban J connectivity index is 1.22. The van der Waals surface area contributed by atoms with Gasteiger partial charge in [0.05, 0.1) is 12.2 Å². The molecule has 2 N–H and O–H groups in total. The van der Waals surface area contributed by atoms with Crippen LogP contribution in [0.3, 0.4) is 0 Å². The molecule has 31 heavy (non-hydrogen) atoms. The highest BCUT2D eigenvalue weighted by Gasteiger charge is 2.38. The van der Waals surface area contributed by atoms with Gasteiger partial charge >= 0.3 is 0 Å². The van der Waals surface area contributed by atoms with Gasteiger partial charge in [-0.3, -0.25) is 9.80 Å². The minimum absolute atomic E-state index is 0.151. The summed E-state index contributed by atoms with van der Waals surface area (Å²) in [5.41, 5.74) is 1.90. The van der Waals surface area contributed by atoms with E-state index in [0.29, 0.717) is 13.0 Å². The lowest BCUT2D eigenvalue weighted by molar-refractivity contribution is 0.00978. The number of para-hydroxylation sites is 1. The number of hydrogen-bond acceptors (Lipinski definition) is 6. The minimum atomic E-state index is -0.623. The molecule has 0 unspecified atom stereocenters. The van der Waals surface area contributed by atoms with E-state index >= 15 is 0 Å². The molecule has 4 rings (SSSR count). The number of ether oxygens (including phenoxy) is 1. The number of aliphatic hydroxyl groups excluding tert-OH is 1. The van der Waals surface area contributed by atoms with E-state index in [4.69, 9.17) is 9.84 Å². The van der Waals surface area contributed by atoms with Crippen molar-refractivity contribution in [1.82, 2.24) is 9.80 Å².